The highest BCUT2D eigenvalue weighted by atomic mass is 32.1. The molecular weight excluding hydrogens is 823 g/mol. The lowest BCUT2D eigenvalue weighted by atomic mass is 10.0. The minimum absolute atomic E-state index is 0.0138. The SMILES string of the molecule is CC(=O)c1c(C)c2cnc(Nc3ccc(N4CCN(CCNCCOCCOCCC(=O)Nc5ccccc5C(=O)Nc5nc(C)c(C)s5)CC4)cn3)nc2n(C2CCCC2)c1=O. The van der Waals surface area contributed by atoms with E-state index in [9.17, 15) is 19.2 Å². The van der Waals surface area contributed by atoms with Crippen molar-refractivity contribution in [3.05, 3.63) is 86.4 Å². The molecule has 5 aromatic rings. The lowest BCUT2D eigenvalue weighted by molar-refractivity contribution is -0.117. The number of rotatable bonds is 20. The summed E-state index contributed by atoms with van der Waals surface area (Å²) in [6.07, 6.45) is 7.56. The zero-order chi connectivity index (χ0) is 44.3. The number of para-hydroxylation sites is 1. The van der Waals surface area contributed by atoms with Gasteiger partial charge in [0.2, 0.25) is 11.9 Å². The second kappa shape index (κ2) is 21.6. The minimum atomic E-state index is -0.333. The van der Waals surface area contributed by atoms with E-state index in [0.29, 0.717) is 64.6 Å². The van der Waals surface area contributed by atoms with Gasteiger partial charge < -0.3 is 30.3 Å². The number of ketones is 1. The van der Waals surface area contributed by atoms with Crippen LogP contribution in [0.2, 0.25) is 0 Å². The van der Waals surface area contributed by atoms with Gasteiger partial charge in [0.15, 0.2) is 10.9 Å². The van der Waals surface area contributed by atoms with Gasteiger partial charge in [-0.15, -0.1) is 11.3 Å². The van der Waals surface area contributed by atoms with Gasteiger partial charge in [-0.25, -0.2) is 15.0 Å². The maximum atomic E-state index is 13.6. The Morgan fingerprint density at radius 1 is 0.857 bits per heavy atom. The number of pyridine rings is 2. The summed E-state index contributed by atoms with van der Waals surface area (Å²) in [5.41, 5.74) is 3.83. The maximum absolute atomic E-state index is 13.6. The monoisotopic (exact) mass is 879 g/mol. The highest BCUT2D eigenvalue weighted by Gasteiger charge is 2.26. The maximum Gasteiger partial charge on any atom is 0.263 e. The van der Waals surface area contributed by atoms with E-state index >= 15 is 0 Å². The van der Waals surface area contributed by atoms with Crippen LogP contribution in [0.1, 0.15) is 81.9 Å². The van der Waals surface area contributed by atoms with E-state index < -0.39 is 0 Å². The molecule has 1 aliphatic heterocycles. The van der Waals surface area contributed by atoms with Crippen LogP contribution in [0.15, 0.2) is 53.6 Å². The number of ether oxygens (including phenoxy) is 2. The van der Waals surface area contributed by atoms with Gasteiger partial charge in [-0.3, -0.25) is 34.0 Å². The fraction of sp³-hybridized carbons (Fsp3) is 0.467. The summed E-state index contributed by atoms with van der Waals surface area (Å²) < 4.78 is 13.0. The van der Waals surface area contributed by atoms with Crippen LogP contribution in [0.25, 0.3) is 11.0 Å². The molecule has 0 unspecified atom stereocenters. The number of carbonyl (C=O) groups excluding carboxylic acids is 3. The predicted octanol–water partition coefficient (Wildman–Crippen LogP) is 5.66. The summed E-state index contributed by atoms with van der Waals surface area (Å²) >= 11 is 1.41. The van der Waals surface area contributed by atoms with Crippen molar-refractivity contribution in [1.82, 2.24) is 34.7 Å². The summed E-state index contributed by atoms with van der Waals surface area (Å²) in [6, 6.07) is 10.9. The number of benzene rings is 1. The fourth-order valence-corrected chi connectivity index (χ4v) is 8.80. The lowest BCUT2D eigenvalue weighted by Gasteiger charge is -2.36. The Morgan fingerprint density at radius 3 is 2.33 bits per heavy atom. The molecular formula is C45H57N11O6S. The number of hydrogen-bond donors (Lipinski definition) is 4. The number of fused-ring (bicyclic) bond motifs is 1. The van der Waals surface area contributed by atoms with Gasteiger partial charge >= 0.3 is 0 Å². The average Bonchev–Trinajstić information content (AvgIpc) is 3.92. The molecule has 0 spiro atoms. The predicted molar refractivity (Wildman–Crippen MR) is 246 cm³/mol. The number of nitrogens with zero attached hydrogens (tertiary/aromatic N) is 7. The summed E-state index contributed by atoms with van der Waals surface area (Å²) in [7, 11) is 0. The van der Waals surface area contributed by atoms with Crippen molar-refractivity contribution in [2.75, 3.05) is 93.1 Å². The summed E-state index contributed by atoms with van der Waals surface area (Å²) in [6.45, 7) is 14.9. The third-order valence-corrected chi connectivity index (χ3v) is 12.5. The van der Waals surface area contributed by atoms with Crippen molar-refractivity contribution >= 4 is 68.2 Å². The number of anilines is 5. The van der Waals surface area contributed by atoms with Crippen molar-refractivity contribution in [2.45, 2.75) is 65.8 Å². The van der Waals surface area contributed by atoms with Gasteiger partial charge in [0.1, 0.15) is 11.5 Å². The van der Waals surface area contributed by atoms with Crippen molar-refractivity contribution in [3.63, 3.8) is 0 Å². The Hall–Kier alpha value is -5.66. The number of carbonyl (C=O) groups is 3. The van der Waals surface area contributed by atoms with Crippen molar-refractivity contribution in [3.8, 4) is 0 Å². The van der Waals surface area contributed by atoms with Gasteiger partial charge in [-0.1, -0.05) is 25.0 Å². The topological polar surface area (TPSA) is 198 Å². The third-order valence-electron chi connectivity index (χ3n) is 11.5. The van der Waals surface area contributed by atoms with Crippen molar-refractivity contribution in [1.29, 1.82) is 0 Å². The van der Waals surface area contributed by atoms with Crippen LogP contribution in [-0.2, 0) is 14.3 Å². The molecule has 0 radical (unpaired) electrons. The number of aromatic nitrogens is 5. The molecule has 2 aliphatic rings. The first-order valence-electron chi connectivity index (χ1n) is 21.7. The van der Waals surface area contributed by atoms with Crippen LogP contribution in [0.5, 0.6) is 0 Å². The second-order valence-corrected chi connectivity index (χ2v) is 17.1. The first-order chi connectivity index (χ1) is 30.5. The number of amides is 2. The normalized spacial score (nSPS) is 14.6. The molecule has 1 aliphatic carbocycles. The van der Waals surface area contributed by atoms with Gasteiger partial charge in [-0.05, 0) is 70.4 Å². The number of hydrogen-bond acceptors (Lipinski definition) is 15. The molecule has 7 rings (SSSR count). The smallest absolute Gasteiger partial charge is 0.263 e. The average molecular weight is 880 g/mol. The molecule has 1 saturated carbocycles. The lowest BCUT2D eigenvalue weighted by Crippen LogP contribution is -2.48. The Morgan fingerprint density at radius 2 is 1.62 bits per heavy atom. The molecule has 1 aromatic carbocycles. The highest BCUT2D eigenvalue weighted by molar-refractivity contribution is 7.15. The standard InChI is InChI=1S/C45H57N11O6S/c1-29-36-28-48-44(52-41(36)56(33-9-5-6-10-33)43(60)40(29)31(3)57)51-38-14-13-34(27-47-38)55-21-19-54(20-22-55)18-16-46-17-24-62-26-25-61-23-15-39(58)50-37-12-8-7-11-35(37)42(59)53-45-49-30(2)32(4)63-45/h7-8,11-14,27-28,33,46H,5-6,9-10,15-26H2,1-4H3,(H,50,58)(H,49,53,59)(H,47,48,51,52). The Bertz CT molecular complexity index is 2420. The summed E-state index contributed by atoms with van der Waals surface area (Å²) in [5, 5.41) is 13.5. The van der Waals surface area contributed by atoms with Crippen LogP contribution >= 0.6 is 11.3 Å². The van der Waals surface area contributed by atoms with E-state index in [2.05, 4.69) is 46.0 Å². The number of piperazine rings is 1. The Balaban J connectivity index is 0.749. The largest absolute Gasteiger partial charge is 0.379 e. The van der Waals surface area contributed by atoms with E-state index in [4.69, 9.17) is 14.5 Å². The molecule has 5 heterocycles. The first-order valence-corrected chi connectivity index (χ1v) is 22.5. The van der Waals surface area contributed by atoms with E-state index in [1.54, 1.807) is 42.0 Å². The van der Waals surface area contributed by atoms with Crippen molar-refractivity contribution in [2.24, 2.45) is 0 Å². The molecule has 1 saturated heterocycles. The van der Waals surface area contributed by atoms with Crippen LogP contribution < -0.4 is 31.7 Å². The minimum Gasteiger partial charge on any atom is -0.379 e. The van der Waals surface area contributed by atoms with Crippen LogP contribution in [0.4, 0.5) is 28.3 Å². The first kappa shape index (κ1) is 45.4. The summed E-state index contributed by atoms with van der Waals surface area (Å²) in [4.78, 5) is 75.6. The number of Topliss-reactive ketones (excluding diaryl/α,β-unsaturated/α-hetero) is 1. The van der Waals surface area contributed by atoms with E-state index in [-0.39, 0.29) is 47.8 Å². The van der Waals surface area contributed by atoms with Crippen LogP contribution in [0, 0.1) is 20.8 Å². The molecule has 17 nitrogen and oxygen atoms in total. The molecule has 334 valence electrons. The van der Waals surface area contributed by atoms with Crippen LogP contribution in [0.3, 0.4) is 0 Å². The van der Waals surface area contributed by atoms with Gasteiger partial charge in [0.25, 0.3) is 11.5 Å². The molecule has 4 N–H and O–H groups in total. The van der Waals surface area contributed by atoms with Crippen molar-refractivity contribution < 1.29 is 23.9 Å². The van der Waals surface area contributed by atoms with E-state index in [0.717, 1.165) is 87.8 Å². The second-order valence-electron chi connectivity index (χ2n) is 15.9. The molecule has 2 amide bonds. The zero-order valence-corrected chi connectivity index (χ0v) is 37.3. The third kappa shape index (κ3) is 11.7. The fourth-order valence-electron chi connectivity index (χ4n) is 7.99. The highest BCUT2D eigenvalue weighted by Crippen LogP contribution is 2.32. The quantitative estimate of drug-likeness (QED) is 0.0552. The van der Waals surface area contributed by atoms with Gasteiger partial charge in [0.05, 0.1) is 67.2 Å². The Kier molecular flexibility index (Phi) is 15.6. The molecule has 4 aromatic heterocycles. The molecule has 2 fully saturated rings. The zero-order valence-electron chi connectivity index (χ0n) is 36.5. The molecule has 0 bridgehead atoms. The summed E-state index contributed by atoms with van der Waals surface area (Å²) in [5.74, 6) is 0.137. The number of aryl methyl sites for hydroxylation is 3. The molecule has 18 heteroatoms. The molecule has 63 heavy (non-hydrogen) atoms. The van der Waals surface area contributed by atoms with Gasteiger partial charge in [-0.2, -0.15) is 4.98 Å². The van der Waals surface area contributed by atoms with Crippen LogP contribution in [-0.4, -0.2) is 119 Å². The molecule has 0 atom stereocenters. The number of nitrogens with one attached hydrogen (secondary N) is 4. The van der Waals surface area contributed by atoms with Gasteiger partial charge in [0, 0.05) is 68.3 Å². The Labute approximate surface area is 371 Å². The van der Waals surface area contributed by atoms with E-state index in [1.165, 1.54) is 18.3 Å². The number of thiazole rings is 1. The van der Waals surface area contributed by atoms with E-state index in [1.807, 2.05) is 32.2 Å².